The molecule has 7 nitrogen and oxygen atoms in total. The molecule has 1 saturated heterocycles. The monoisotopic (exact) mass is 250 g/mol. The van der Waals surface area contributed by atoms with E-state index >= 15 is 0 Å². The molecule has 18 heavy (non-hydrogen) atoms. The highest BCUT2D eigenvalue weighted by Gasteiger charge is 2.40. The van der Waals surface area contributed by atoms with Crippen LogP contribution in [-0.4, -0.2) is 36.0 Å². The van der Waals surface area contributed by atoms with Gasteiger partial charge in [-0.1, -0.05) is 0 Å². The number of hydrogen-bond acceptors (Lipinski definition) is 6. The van der Waals surface area contributed by atoms with Gasteiger partial charge in [0.05, 0.1) is 5.41 Å². The van der Waals surface area contributed by atoms with E-state index in [0.717, 1.165) is 18.8 Å². The molecule has 1 atom stereocenters. The van der Waals surface area contributed by atoms with Crippen LogP contribution < -0.4 is 21.5 Å². The molecule has 0 aliphatic carbocycles. The largest absolute Gasteiger partial charge is 0.359 e. The minimum Gasteiger partial charge on any atom is -0.359 e. The number of nitrogens with two attached hydrogens (primary N) is 1. The predicted octanol–water partition coefficient (Wildman–Crippen LogP) is -0.275. The van der Waals surface area contributed by atoms with E-state index in [0.29, 0.717) is 12.4 Å². The van der Waals surface area contributed by atoms with Crippen LogP contribution in [0.2, 0.25) is 0 Å². The van der Waals surface area contributed by atoms with Gasteiger partial charge >= 0.3 is 0 Å². The summed E-state index contributed by atoms with van der Waals surface area (Å²) in [4.78, 5) is 22.1. The van der Waals surface area contributed by atoms with Crippen LogP contribution in [0, 0.1) is 5.41 Å². The summed E-state index contributed by atoms with van der Waals surface area (Å²) in [5.41, 5.74) is 2.12. The van der Waals surface area contributed by atoms with Crippen LogP contribution in [0.25, 0.3) is 0 Å². The molecule has 1 amide bonds. The smallest absolute Gasteiger partial charge is 0.227 e. The van der Waals surface area contributed by atoms with Crippen molar-refractivity contribution in [2.45, 2.75) is 13.3 Å². The Kier molecular flexibility index (Phi) is 3.33. The number of anilines is 2. The summed E-state index contributed by atoms with van der Waals surface area (Å²) in [5.74, 6) is 6.73. The van der Waals surface area contributed by atoms with E-state index in [1.54, 1.807) is 13.1 Å². The average Bonchev–Trinajstić information content (AvgIpc) is 2.82. The fourth-order valence-corrected chi connectivity index (χ4v) is 2.24. The molecule has 0 radical (unpaired) electrons. The van der Waals surface area contributed by atoms with Gasteiger partial charge in [-0.3, -0.25) is 4.79 Å². The van der Waals surface area contributed by atoms with Crippen molar-refractivity contribution >= 4 is 17.5 Å². The number of nitrogens with zero attached hydrogens (tertiary/aromatic N) is 3. The van der Waals surface area contributed by atoms with Crippen molar-refractivity contribution in [1.82, 2.24) is 15.3 Å². The first-order valence-electron chi connectivity index (χ1n) is 5.85. The number of hydrazine groups is 1. The molecule has 0 bridgehead atoms. The Morgan fingerprint density at radius 3 is 3.00 bits per heavy atom. The minimum atomic E-state index is -0.365. The molecule has 1 aromatic heterocycles. The maximum atomic E-state index is 11.8. The summed E-state index contributed by atoms with van der Waals surface area (Å²) in [7, 11) is 1.66. The van der Waals surface area contributed by atoms with Crippen molar-refractivity contribution in [2.24, 2.45) is 11.3 Å². The SMILES string of the molecule is CNC(=O)C1(C)CCN(c2cc(NN)ncn2)C1. The fraction of sp³-hybridized carbons (Fsp3) is 0.545. The van der Waals surface area contributed by atoms with Gasteiger partial charge in [0, 0.05) is 26.2 Å². The number of hydrogen-bond donors (Lipinski definition) is 3. The second-order valence-corrected chi connectivity index (χ2v) is 4.72. The molecule has 1 aliphatic heterocycles. The van der Waals surface area contributed by atoms with Gasteiger partial charge in [-0.05, 0) is 13.3 Å². The highest BCUT2D eigenvalue weighted by molar-refractivity contribution is 5.83. The number of carbonyl (C=O) groups is 1. The Morgan fingerprint density at radius 2 is 2.33 bits per heavy atom. The molecule has 1 aliphatic rings. The van der Waals surface area contributed by atoms with E-state index in [-0.39, 0.29) is 11.3 Å². The van der Waals surface area contributed by atoms with Crippen LogP contribution in [0.3, 0.4) is 0 Å². The molecular formula is C11H18N6O. The normalized spacial score (nSPS) is 22.9. The highest BCUT2D eigenvalue weighted by atomic mass is 16.2. The van der Waals surface area contributed by atoms with Crippen LogP contribution in [0.15, 0.2) is 12.4 Å². The van der Waals surface area contributed by atoms with Gasteiger partial charge in [0.25, 0.3) is 0 Å². The van der Waals surface area contributed by atoms with E-state index in [9.17, 15) is 4.79 Å². The predicted molar refractivity (Wildman–Crippen MR) is 68.8 cm³/mol. The Balaban J connectivity index is 2.15. The van der Waals surface area contributed by atoms with Gasteiger partial charge in [0.2, 0.25) is 5.91 Å². The topological polar surface area (TPSA) is 96.2 Å². The van der Waals surface area contributed by atoms with Crippen molar-refractivity contribution in [2.75, 3.05) is 30.5 Å². The summed E-state index contributed by atoms with van der Waals surface area (Å²) in [6.45, 7) is 3.41. The zero-order chi connectivity index (χ0) is 13.2. The Morgan fingerprint density at radius 1 is 1.56 bits per heavy atom. The van der Waals surface area contributed by atoms with E-state index in [1.165, 1.54) is 6.33 Å². The second kappa shape index (κ2) is 4.77. The van der Waals surface area contributed by atoms with E-state index in [4.69, 9.17) is 5.84 Å². The Hall–Kier alpha value is -1.89. The van der Waals surface area contributed by atoms with Crippen molar-refractivity contribution in [3.8, 4) is 0 Å². The third-order valence-electron chi connectivity index (χ3n) is 3.37. The van der Waals surface area contributed by atoms with Crippen molar-refractivity contribution in [3.63, 3.8) is 0 Å². The average molecular weight is 250 g/mol. The first-order chi connectivity index (χ1) is 8.59. The lowest BCUT2D eigenvalue weighted by atomic mass is 9.89. The third-order valence-corrected chi connectivity index (χ3v) is 3.37. The number of amides is 1. The van der Waals surface area contributed by atoms with Gasteiger partial charge in [0.15, 0.2) is 0 Å². The molecule has 4 N–H and O–H groups in total. The Labute approximate surface area is 106 Å². The molecule has 0 aromatic carbocycles. The number of rotatable bonds is 3. The number of carbonyl (C=O) groups excluding carboxylic acids is 1. The van der Waals surface area contributed by atoms with E-state index in [1.807, 2.05) is 6.92 Å². The van der Waals surface area contributed by atoms with E-state index < -0.39 is 0 Å². The molecule has 0 saturated carbocycles. The summed E-state index contributed by atoms with van der Waals surface area (Å²) < 4.78 is 0. The van der Waals surface area contributed by atoms with Crippen molar-refractivity contribution in [3.05, 3.63) is 12.4 Å². The number of aromatic nitrogens is 2. The van der Waals surface area contributed by atoms with Crippen LogP contribution in [0.4, 0.5) is 11.6 Å². The zero-order valence-corrected chi connectivity index (χ0v) is 10.6. The van der Waals surface area contributed by atoms with Crippen LogP contribution in [0.5, 0.6) is 0 Å². The molecule has 2 heterocycles. The van der Waals surface area contributed by atoms with Crippen LogP contribution in [0.1, 0.15) is 13.3 Å². The molecular weight excluding hydrogens is 232 g/mol. The summed E-state index contributed by atoms with van der Waals surface area (Å²) in [5, 5.41) is 2.71. The first kappa shape index (κ1) is 12.6. The molecule has 1 fully saturated rings. The zero-order valence-electron chi connectivity index (χ0n) is 10.6. The lowest BCUT2D eigenvalue weighted by Crippen LogP contribution is -2.39. The van der Waals surface area contributed by atoms with Gasteiger partial charge in [-0.25, -0.2) is 15.8 Å². The summed E-state index contributed by atoms with van der Waals surface area (Å²) in [6.07, 6.45) is 2.27. The first-order valence-corrected chi connectivity index (χ1v) is 5.85. The standard InChI is InChI=1S/C11H18N6O/c1-11(10(18)13-2)3-4-17(6-11)9-5-8(16-12)14-7-15-9/h5,7H,3-4,6,12H2,1-2H3,(H,13,18)(H,14,15,16). The highest BCUT2D eigenvalue weighted by Crippen LogP contribution is 2.32. The van der Waals surface area contributed by atoms with Crippen molar-refractivity contribution in [1.29, 1.82) is 0 Å². The second-order valence-electron chi connectivity index (χ2n) is 4.72. The molecule has 0 spiro atoms. The van der Waals surface area contributed by atoms with Gasteiger partial charge < -0.3 is 15.6 Å². The molecule has 2 rings (SSSR count). The molecule has 7 heteroatoms. The maximum absolute atomic E-state index is 11.8. The quantitative estimate of drug-likeness (QED) is 0.504. The Bertz CT molecular complexity index is 451. The fourth-order valence-electron chi connectivity index (χ4n) is 2.24. The van der Waals surface area contributed by atoms with Crippen LogP contribution >= 0.6 is 0 Å². The summed E-state index contributed by atoms with van der Waals surface area (Å²) in [6, 6.07) is 1.77. The molecule has 1 unspecified atom stereocenters. The van der Waals surface area contributed by atoms with Crippen molar-refractivity contribution < 1.29 is 4.79 Å². The lowest BCUT2D eigenvalue weighted by Gasteiger charge is -2.23. The van der Waals surface area contributed by atoms with Crippen LogP contribution in [-0.2, 0) is 4.79 Å². The molecule has 1 aromatic rings. The lowest BCUT2D eigenvalue weighted by molar-refractivity contribution is -0.128. The van der Waals surface area contributed by atoms with E-state index in [2.05, 4.69) is 25.6 Å². The number of nitrogen functional groups attached to an aromatic ring is 1. The van der Waals surface area contributed by atoms with Gasteiger partial charge in [-0.2, -0.15) is 0 Å². The number of nitrogens with one attached hydrogen (secondary N) is 2. The van der Waals surface area contributed by atoms with Gasteiger partial charge in [0.1, 0.15) is 18.0 Å². The summed E-state index contributed by atoms with van der Waals surface area (Å²) >= 11 is 0. The molecule has 98 valence electrons. The van der Waals surface area contributed by atoms with Gasteiger partial charge in [-0.15, -0.1) is 0 Å². The maximum Gasteiger partial charge on any atom is 0.227 e. The third kappa shape index (κ3) is 2.21. The minimum absolute atomic E-state index is 0.0660.